The molecule has 1 amide bonds. The molecule has 6 heteroatoms. The first-order valence-corrected chi connectivity index (χ1v) is 9.77. The SMILES string of the molecule is CCCCc1ccc(C(=O)OCC(=O)Nc2ccccc2SCC#N)cc1. The Labute approximate surface area is 163 Å². The summed E-state index contributed by atoms with van der Waals surface area (Å²) in [6.45, 7) is 1.77. The number of nitriles is 1. The third kappa shape index (κ3) is 6.80. The molecule has 2 aromatic carbocycles. The summed E-state index contributed by atoms with van der Waals surface area (Å²) in [4.78, 5) is 25.0. The molecule has 0 heterocycles. The summed E-state index contributed by atoms with van der Waals surface area (Å²) in [6, 6.07) is 16.5. The highest BCUT2D eigenvalue weighted by molar-refractivity contribution is 7.99. The number of carbonyl (C=O) groups excluding carboxylic acids is 2. The van der Waals surface area contributed by atoms with Gasteiger partial charge < -0.3 is 10.1 Å². The van der Waals surface area contributed by atoms with Crippen LogP contribution in [0.1, 0.15) is 35.7 Å². The maximum atomic E-state index is 12.1. The van der Waals surface area contributed by atoms with E-state index in [4.69, 9.17) is 10.00 Å². The summed E-state index contributed by atoms with van der Waals surface area (Å²) in [6.07, 6.45) is 3.21. The van der Waals surface area contributed by atoms with Crippen LogP contribution in [0.5, 0.6) is 0 Å². The van der Waals surface area contributed by atoms with E-state index in [1.807, 2.05) is 24.3 Å². The molecular formula is C21H22N2O3S. The molecule has 0 aliphatic rings. The predicted octanol–water partition coefficient (Wildman–Crippen LogP) is 4.44. The van der Waals surface area contributed by atoms with Gasteiger partial charge in [-0.1, -0.05) is 37.6 Å². The highest BCUT2D eigenvalue weighted by Crippen LogP contribution is 2.26. The Bertz CT molecular complexity index is 813. The second-order valence-electron chi connectivity index (χ2n) is 5.87. The Hall–Kier alpha value is -2.78. The first kappa shape index (κ1) is 20.5. The molecule has 0 aliphatic heterocycles. The minimum absolute atomic E-state index is 0.288. The van der Waals surface area contributed by atoms with Gasteiger partial charge in [-0.05, 0) is 42.7 Å². The minimum Gasteiger partial charge on any atom is -0.452 e. The number of anilines is 1. The van der Waals surface area contributed by atoms with E-state index in [-0.39, 0.29) is 12.4 Å². The van der Waals surface area contributed by atoms with Crippen LogP contribution in [0.15, 0.2) is 53.4 Å². The lowest BCUT2D eigenvalue weighted by atomic mass is 10.1. The lowest BCUT2D eigenvalue weighted by Crippen LogP contribution is -2.21. The van der Waals surface area contributed by atoms with Crippen molar-refractivity contribution in [2.24, 2.45) is 0 Å². The molecule has 0 radical (unpaired) electrons. The Balaban J connectivity index is 1.86. The quantitative estimate of drug-likeness (QED) is 0.512. The maximum absolute atomic E-state index is 12.1. The number of thioether (sulfide) groups is 1. The van der Waals surface area contributed by atoms with Gasteiger partial charge in [-0.25, -0.2) is 4.79 Å². The van der Waals surface area contributed by atoms with Crippen LogP contribution in [-0.2, 0) is 16.0 Å². The number of benzene rings is 2. The number of amides is 1. The number of aryl methyl sites for hydroxylation is 1. The molecule has 0 saturated heterocycles. The van der Waals surface area contributed by atoms with Crippen molar-refractivity contribution in [3.63, 3.8) is 0 Å². The average molecular weight is 382 g/mol. The highest BCUT2D eigenvalue weighted by Gasteiger charge is 2.12. The zero-order chi connectivity index (χ0) is 19.5. The van der Waals surface area contributed by atoms with Gasteiger partial charge in [0.1, 0.15) is 0 Å². The predicted molar refractivity (Wildman–Crippen MR) is 107 cm³/mol. The summed E-state index contributed by atoms with van der Waals surface area (Å²) in [5, 5.41) is 11.4. The summed E-state index contributed by atoms with van der Waals surface area (Å²) in [7, 11) is 0. The van der Waals surface area contributed by atoms with E-state index in [1.54, 1.807) is 24.3 Å². The second kappa shape index (κ2) is 11.0. The normalized spacial score (nSPS) is 10.1. The van der Waals surface area contributed by atoms with Crippen molar-refractivity contribution in [1.29, 1.82) is 5.26 Å². The fourth-order valence-electron chi connectivity index (χ4n) is 2.39. The van der Waals surface area contributed by atoms with E-state index in [1.165, 1.54) is 17.3 Å². The zero-order valence-corrected chi connectivity index (χ0v) is 16.1. The van der Waals surface area contributed by atoms with E-state index in [9.17, 15) is 9.59 Å². The molecule has 140 valence electrons. The fourth-order valence-corrected chi connectivity index (χ4v) is 3.06. The highest BCUT2D eigenvalue weighted by atomic mass is 32.2. The third-order valence-electron chi connectivity index (χ3n) is 3.80. The van der Waals surface area contributed by atoms with Crippen LogP contribution < -0.4 is 5.32 Å². The number of esters is 1. The minimum atomic E-state index is -0.528. The summed E-state index contributed by atoms with van der Waals surface area (Å²) in [5.41, 5.74) is 2.20. The molecule has 0 fully saturated rings. The average Bonchev–Trinajstić information content (AvgIpc) is 2.70. The molecule has 0 spiro atoms. The van der Waals surface area contributed by atoms with E-state index in [0.717, 1.165) is 24.2 Å². The van der Waals surface area contributed by atoms with Gasteiger partial charge in [0, 0.05) is 4.90 Å². The van der Waals surface area contributed by atoms with Crippen LogP contribution in [0, 0.1) is 11.3 Å². The van der Waals surface area contributed by atoms with E-state index < -0.39 is 11.9 Å². The summed E-state index contributed by atoms with van der Waals surface area (Å²) < 4.78 is 5.09. The van der Waals surface area contributed by atoms with E-state index in [2.05, 4.69) is 18.3 Å². The van der Waals surface area contributed by atoms with Crippen molar-refractivity contribution in [1.82, 2.24) is 0 Å². The first-order chi connectivity index (χ1) is 13.1. The van der Waals surface area contributed by atoms with Crippen molar-refractivity contribution in [3.8, 4) is 6.07 Å². The first-order valence-electron chi connectivity index (χ1n) is 8.78. The Morgan fingerprint density at radius 1 is 1.15 bits per heavy atom. The smallest absolute Gasteiger partial charge is 0.338 e. The molecule has 2 rings (SSSR count). The molecule has 0 aromatic heterocycles. The number of ether oxygens (including phenoxy) is 1. The maximum Gasteiger partial charge on any atom is 0.338 e. The van der Waals surface area contributed by atoms with Crippen molar-refractivity contribution >= 4 is 29.3 Å². The number of hydrogen-bond donors (Lipinski definition) is 1. The van der Waals surface area contributed by atoms with Crippen LogP contribution in [0.2, 0.25) is 0 Å². The van der Waals surface area contributed by atoms with Gasteiger partial charge in [0.2, 0.25) is 0 Å². The molecule has 0 bridgehead atoms. The number of nitrogens with zero attached hydrogens (tertiary/aromatic N) is 1. The van der Waals surface area contributed by atoms with Crippen molar-refractivity contribution in [2.75, 3.05) is 17.7 Å². The second-order valence-corrected chi connectivity index (χ2v) is 6.88. The molecule has 2 aromatic rings. The number of para-hydroxylation sites is 1. The van der Waals surface area contributed by atoms with Crippen LogP contribution in [0.25, 0.3) is 0 Å². The topological polar surface area (TPSA) is 79.2 Å². The standard InChI is InChI=1S/C21H22N2O3S/c1-2-3-6-16-9-11-17(12-10-16)21(25)26-15-20(24)23-18-7-4-5-8-19(18)27-14-13-22/h4-5,7-12H,2-3,6,14-15H2,1H3,(H,23,24). The van der Waals surface area contributed by atoms with Crippen LogP contribution in [0.4, 0.5) is 5.69 Å². The Morgan fingerprint density at radius 3 is 2.59 bits per heavy atom. The Morgan fingerprint density at radius 2 is 1.89 bits per heavy atom. The number of nitrogens with one attached hydrogen (secondary N) is 1. The summed E-state index contributed by atoms with van der Waals surface area (Å²) >= 11 is 1.33. The van der Waals surface area contributed by atoms with Gasteiger partial charge in [0.25, 0.3) is 5.91 Å². The van der Waals surface area contributed by atoms with Crippen LogP contribution in [-0.4, -0.2) is 24.2 Å². The molecular weight excluding hydrogens is 360 g/mol. The molecule has 0 unspecified atom stereocenters. The van der Waals surface area contributed by atoms with Gasteiger partial charge in [-0.3, -0.25) is 4.79 Å². The van der Waals surface area contributed by atoms with Crippen molar-refractivity contribution < 1.29 is 14.3 Å². The summed E-state index contributed by atoms with van der Waals surface area (Å²) in [5.74, 6) is -0.664. The lowest BCUT2D eigenvalue weighted by molar-refractivity contribution is -0.119. The van der Waals surface area contributed by atoms with Crippen LogP contribution >= 0.6 is 11.8 Å². The largest absolute Gasteiger partial charge is 0.452 e. The number of unbranched alkanes of at least 4 members (excludes halogenated alkanes) is 1. The van der Waals surface area contributed by atoms with Crippen molar-refractivity contribution in [2.45, 2.75) is 31.1 Å². The fraction of sp³-hybridized carbons (Fsp3) is 0.286. The monoisotopic (exact) mass is 382 g/mol. The molecule has 1 N–H and O–H groups in total. The third-order valence-corrected chi connectivity index (χ3v) is 4.74. The molecule has 0 atom stereocenters. The van der Waals surface area contributed by atoms with Gasteiger partial charge in [0.05, 0.1) is 23.1 Å². The van der Waals surface area contributed by atoms with Gasteiger partial charge in [-0.2, -0.15) is 5.26 Å². The zero-order valence-electron chi connectivity index (χ0n) is 15.2. The molecule has 5 nitrogen and oxygen atoms in total. The lowest BCUT2D eigenvalue weighted by Gasteiger charge is -2.10. The van der Waals surface area contributed by atoms with Gasteiger partial charge in [0.15, 0.2) is 6.61 Å². The van der Waals surface area contributed by atoms with E-state index >= 15 is 0 Å². The number of rotatable bonds is 9. The van der Waals surface area contributed by atoms with Gasteiger partial charge >= 0.3 is 5.97 Å². The number of hydrogen-bond acceptors (Lipinski definition) is 5. The molecule has 0 saturated carbocycles. The van der Waals surface area contributed by atoms with Crippen LogP contribution in [0.3, 0.4) is 0 Å². The molecule has 27 heavy (non-hydrogen) atoms. The van der Waals surface area contributed by atoms with Gasteiger partial charge in [-0.15, -0.1) is 11.8 Å². The van der Waals surface area contributed by atoms with E-state index in [0.29, 0.717) is 11.3 Å². The Kier molecular flexibility index (Phi) is 8.40. The number of carbonyl (C=O) groups is 2. The van der Waals surface area contributed by atoms with Crippen molar-refractivity contribution in [3.05, 3.63) is 59.7 Å². The molecule has 0 aliphatic carbocycles.